The summed E-state index contributed by atoms with van der Waals surface area (Å²) >= 11 is 1.81. The standard InChI is InChI=1S/C26H27N7OS/c1-17-9-14-35-24(17)23(22-18(2)30-34-19(22)3)31-10-12-32(13-11-31)25-21-15-29-33(26(21)28-16-27-25)20-7-5-4-6-8-20/h4-9,14-16,23H,10-13H2,1-3H3. The number of anilines is 1. The van der Waals surface area contributed by atoms with E-state index in [1.165, 1.54) is 16.0 Å². The van der Waals surface area contributed by atoms with Crippen LogP contribution in [0.4, 0.5) is 5.82 Å². The minimum absolute atomic E-state index is 0.148. The molecule has 0 aliphatic carbocycles. The van der Waals surface area contributed by atoms with Crippen molar-refractivity contribution in [3.8, 4) is 5.69 Å². The van der Waals surface area contributed by atoms with Gasteiger partial charge in [-0.25, -0.2) is 14.6 Å². The molecule has 1 aromatic carbocycles. The number of nitrogens with zero attached hydrogens (tertiary/aromatic N) is 7. The van der Waals surface area contributed by atoms with Gasteiger partial charge in [-0.05, 0) is 49.9 Å². The van der Waals surface area contributed by atoms with Crippen LogP contribution in [0.2, 0.25) is 0 Å². The van der Waals surface area contributed by atoms with Gasteiger partial charge in [0.2, 0.25) is 0 Å². The molecule has 1 saturated heterocycles. The molecular weight excluding hydrogens is 458 g/mol. The third kappa shape index (κ3) is 3.81. The minimum Gasteiger partial charge on any atom is -0.361 e. The SMILES string of the molecule is Cc1ccsc1C(c1c(C)noc1C)N1CCN(c2ncnc3c2cnn3-c2ccccc2)CC1. The highest BCUT2D eigenvalue weighted by Crippen LogP contribution is 2.38. The number of aryl methyl sites for hydroxylation is 3. The van der Waals surface area contributed by atoms with E-state index in [2.05, 4.69) is 48.4 Å². The number of piperazine rings is 1. The molecule has 8 nitrogen and oxygen atoms in total. The molecule has 1 aliphatic rings. The number of hydrogen-bond donors (Lipinski definition) is 0. The first-order chi connectivity index (χ1) is 17.1. The lowest BCUT2D eigenvalue weighted by Crippen LogP contribution is -2.48. The van der Waals surface area contributed by atoms with Gasteiger partial charge in [-0.15, -0.1) is 11.3 Å². The number of hydrogen-bond acceptors (Lipinski definition) is 8. The number of benzene rings is 1. The zero-order valence-corrected chi connectivity index (χ0v) is 20.9. The summed E-state index contributed by atoms with van der Waals surface area (Å²) in [7, 11) is 0. The second kappa shape index (κ2) is 8.90. The highest BCUT2D eigenvalue weighted by atomic mass is 32.1. The Morgan fingerprint density at radius 2 is 1.77 bits per heavy atom. The average Bonchev–Trinajstić information content (AvgIpc) is 3.60. The van der Waals surface area contributed by atoms with E-state index in [0.717, 1.165) is 60.2 Å². The maximum absolute atomic E-state index is 5.57. The molecule has 4 aromatic heterocycles. The number of rotatable bonds is 5. The lowest BCUT2D eigenvalue weighted by atomic mass is 9.99. The van der Waals surface area contributed by atoms with Gasteiger partial charge >= 0.3 is 0 Å². The maximum atomic E-state index is 5.57. The van der Waals surface area contributed by atoms with Crippen molar-refractivity contribution in [2.45, 2.75) is 26.8 Å². The molecule has 0 radical (unpaired) electrons. The van der Waals surface area contributed by atoms with E-state index in [4.69, 9.17) is 4.52 Å². The Labute approximate surface area is 207 Å². The third-order valence-electron chi connectivity index (χ3n) is 6.84. The van der Waals surface area contributed by atoms with E-state index in [9.17, 15) is 0 Å². The van der Waals surface area contributed by atoms with Gasteiger partial charge in [0.25, 0.3) is 0 Å². The lowest BCUT2D eigenvalue weighted by molar-refractivity contribution is 0.212. The van der Waals surface area contributed by atoms with Gasteiger partial charge in [-0.2, -0.15) is 5.10 Å². The topological polar surface area (TPSA) is 76.1 Å². The van der Waals surface area contributed by atoms with Crippen LogP contribution in [-0.2, 0) is 0 Å². The summed E-state index contributed by atoms with van der Waals surface area (Å²) < 4.78 is 7.45. The third-order valence-corrected chi connectivity index (χ3v) is 7.91. The van der Waals surface area contributed by atoms with E-state index in [1.54, 1.807) is 6.33 Å². The fraction of sp³-hybridized carbons (Fsp3) is 0.308. The summed E-state index contributed by atoms with van der Waals surface area (Å²) in [6, 6.07) is 12.4. The summed E-state index contributed by atoms with van der Waals surface area (Å²) in [5, 5.41) is 12.0. The zero-order chi connectivity index (χ0) is 23.9. The van der Waals surface area contributed by atoms with Gasteiger partial charge in [0, 0.05) is 36.6 Å². The molecule has 5 aromatic rings. The first kappa shape index (κ1) is 21.9. The lowest BCUT2D eigenvalue weighted by Gasteiger charge is -2.39. The first-order valence-electron chi connectivity index (χ1n) is 11.8. The van der Waals surface area contributed by atoms with E-state index in [-0.39, 0.29) is 6.04 Å². The fourth-order valence-corrected chi connectivity index (χ4v) is 6.13. The molecule has 178 valence electrons. The van der Waals surface area contributed by atoms with Crippen LogP contribution in [0.5, 0.6) is 0 Å². The average molecular weight is 486 g/mol. The van der Waals surface area contributed by atoms with Gasteiger partial charge in [0.15, 0.2) is 5.65 Å². The predicted molar refractivity (Wildman–Crippen MR) is 137 cm³/mol. The molecule has 35 heavy (non-hydrogen) atoms. The molecule has 1 aliphatic heterocycles. The van der Waals surface area contributed by atoms with Crippen LogP contribution < -0.4 is 4.90 Å². The van der Waals surface area contributed by atoms with Crippen LogP contribution in [0.25, 0.3) is 16.7 Å². The summed E-state index contributed by atoms with van der Waals surface area (Å²) in [6.45, 7) is 9.80. The molecule has 5 heterocycles. The quantitative estimate of drug-likeness (QED) is 0.357. The van der Waals surface area contributed by atoms with Crippen LogP contribution in [0.15, 0.2) is 58.8 Å². The first-order valence-corrected chi connectivity index (χ1v) is 12.7. The van der Waals surface area contributed by atoms with Crippen LogP contribution in [-0.4, -0.2) is 56.0 Å². The van der Waals surface area contributed by atoms with E-state index >= 15 is 0 Å². The van der Waals surface area contributed by atoms with Crippen molar-refractivity contribution < 1.29 is 4.52 Å². The number of fused-ring (bicyclic) bond motifs is 1. The Morgan fingerprint density at radius 3 is 2.46 bits per heavy atom. The van der Waals surface area contributed by atoms with Crippen LogP contribution in [0.3, 0.4) is 0 Å². The van der Waals surface area contributed by atoms with Crippen molar-refractivity contribution in [2.75, 3.05) is 31.1 Å². The van der Waals surface area contributed by atoms with Gasteiger partial charge in [-0.3, -0.25) is 4.90 Å². The monoisotopic (exact) mass is 485 g/mol. The molecule has 1 fully saturated rings. The molecule has 0 amide bonds. The fourth-order valence-electron chi connectivity index (χ4n) is 5.06. The molecule has 0 bridgehead atoms. The van der Waals surface area contributed by atoms with Crippen LogP contribution >= 0.6 is 11.3 Å². The Kier molecular flexibility index (Phi) is 5.58. The number of para-hydroxylation sites is 1. The van der Waals surface area contributed by atoms with Crippen molar-refractivity contribution in [2.24, 2.45) is 0 Å². The maximum Gasteiger partial charge on any atom is 0.168 e. The summed E-state index contributed by atoms with van der Waals surface area (Å²) in [6.07, 6.45) is 3.53. The van der Waals surface area contributed by atoms with Crippen molar-refractivity contribution in [3.05, 3.63) is 81.8 Å². The second-order valence-corrected chi connectivity index (χ2v) is 9.91. The summed E-state index contributed by atoms with van der Waals surface area (Å²) in [5.41, 5.74) is 5.29. The van der Waals surface area contributed by atoms with E-state index in [1.807, 2.05) is 66.4 Å². The molecule has 1 unspecified atom stereocenters. The largest absolute Gasteiger partial charge is 0.361 e. The van der Waals surface area contributed by atoms with Gasteiger partial charge < -0.3 is 9.42 Å². The van der Waals surface area contributed by atoms with Crippen molar-refractivity contribution in [1.82, 2.24) is 29.8 Å². The highest BCUT2D eigenvalue weighted by Gasteiger charge is 2.33. The Balaban J connectivity index is 1.29. The molecule has 0 saturated carbocycles. The van der Waals surface area contributed by atoms with Crippen LogP contribution in [0, 0.1) is 20.8 Å². The van der Waals surface area contributed by atoms with Crippen molar-refractivity contribution in [1.29, 1.82) is 0 Å². The van der Waals surface area contributed by atoms with E-state index in [0.29, 0.717) is 0 Å². The molecule has 6 rings (SSSR count). The Morgan fingerprint density at radius 1 is 0.971 bits per heavy atom. The summed E-state index contributed by atoms with van der Waals surface area (Å²) in [4.78, 5) is 15.5. The van der Waals surface area contributed by atoms with Gasteiger partial charge in [0.05, 0.1) is 29.0 Å². The van der Waals surface area contributed by atoms with Gasteiger partial charge in [-0.1, -0.05) is 23.4 Å². The molecule has 0 spiro atoms. The molecule has 1 atom stereocenters. The Hall–Kier alpha value is -3.56. The van der Waals surface area contributed by atoms with Crippen LogP contribution in [0.1, 0.15) is 33.5 Å². The smallest absolute Gasteiger partial charge is 0.168 e. The zero-order valence-electron chi connectivity index (χ0n) is 20.0. The molecular formula is C26H27N7OS. The number of thiophene rings is 1. The predicted octanol–water partition coefficient (Wildman–Crippen LogP) is 4.70. The normalized spacial score (nSPS) is 15.7. The second-order valence-electron chi connectivity index (χ2n) is 8.96. The minimum atomic E-state index is 0.148. The van der Waals surface area contributed by atoms with Gasteiger partial charge in [0.1, 0.15) is 17.9 Å². The van der Waals surface area contributed by atoms with Crippen molar-refractivity contribution in [3.63, 3.8) is 0 Å². The number of aromatic nitrogens is 5. The van der Waals surface area contributed by atoms with E-state index < -0.39 is 0 Å². The summed E-state index contributed by atoms with van der Waals surface area (Å²) in [5.74, 6) is 1.84. The highest BCUT2D eigenvalue weighted by molar-refractivity contribution is 7.10. The molecule has 9 heteroatoms. The van der Waals surface area contributed by atoms with Crippen molar-refractivity contribution >= 4 is 28.2 Å². The Bertz CT molecular complexity index is 1440. The molecule has 0 N–H and O–H groups in total.